The van der Waals surface area contributed by atoms with Gasteiger partial charge >= 0.3 is 0 Å². The first kappa shape index (κ1) is 10.1. The van der Waals surface area contributed by atoms with Gasteiger partial charge in [-0.3, -0.25) is 0 Å². The summed E-state index contributed by atoms with van der Waals surface area (Å²) in [7, 11) is 0. The van der Waals surface area contributed by atoms with Gasteiger partial charge in [0, 0.05) is 0 Å². The van der Waals surface area contributed by atoms with Crippen molar-refractivity contribution < 1.29 is 10.2 Å². The number of aliphatic hydroxyl groups excluding tert-OH is 2. The first-order valence-corrected chi connectivity index (χ1v) is 4.30. The number of nitrogens with zero attached hydrogens (tertiary/aromatic N) is 3. The number of aliphatic hydroxyl groups is 2. The molecule has 3 atom stereocenters. The van der Waals surface area contributed by atoms with Gasteiger partial charge in [-0.15, -0.1) is 5.10 Å². The van der Waals surface area contributed by atoms with Crippen LogP contribution in [0.25, 0.3) is 0 Å². The van der Waals surface area contributed by atoms with Crippen LogP contribution in [0.3, 0.4) is 0 Å². The molecule has 0 amide bonds. The predicted molar refractivity (Wildman–Crippen MR) is 47.0 cm³/mol. The summed E-state index contributed by atoms with van der Waals surface area (Å²) in [5.74, 6) is 0. The molecule has 5 heteroatoms. The molecular weight excluding hydrogens is 170 g/mol. The highest BCUT2D eigenvalue weighted by atomic mass is 16.3. The number of hydrogen-bond donors (Lipinski definition) is 2. The van der Waals surface area contributed by atoms with Gasteiger partial charge in [0.15, 0.2) is 0 Å². The molecule has 74 valence electrons. The highest BCUT2D eigenvalue weighted by Crippen LogP contribution is 2.12. The van der Waals surface area contributed by atoms with Gasteiger partial charge in [0.1, 0.15) is 5.69 Å². The third kappa shape index (κ3) is 2.26. The molecule has 1 rings (SSSR count). The van der Waals surface area contributed by atoms with Crippen LogP contribution in [0.5, 0.6) is 0 Å². The van der Waals surface area contributed by atoms with Crippen molar-refractivity contribution in [2.24, 2.45) is 0 Å². The Morgan fingerprint density at radius 2 is 1.92 bits per heavy atom. The Hall–Kier alpha value is -0.940. The molecule has 0 saturated heterocycles. The van der Waals surface area contributed by atoms with E-state index in [0.717, 1.165) is 0 Å². The molecule has 2 N–H and O–H groups in total. The number of aromatic nitrogens is 3. The Morgan fingerprint density at radius 3 is 2.31 bits per heavy atom. The minimum Gasteiger partial charge on any atom is -0.391 e. The molecule has 0 aliphatic carbocycles. The van der Waals surface area contributed by atoms with Gasteiger partial charge in [0.25, 0.3) is 0 Å². The molecule has 0 radical (unpaired) electrons. The summed E-state index contributed by atoms with van der Waals surface area (Å²) < 4.78 is 1.55. The third-order valence-corrected chi connectivity index (χ3v) is 2.07. The maximum Gasteiger partial charge on any atom is 0.111 e. The third-order valence-electron chi connectivity index (χ3n) is 2.07. The molecule has 0 bridgehead atoms. The Labute approximate surface area is 77.0 Å². The van der Waals surface area contributed by atoms with E-state index in [4.69, 9.17) is 0 Å². The van der Waals surface area contributed by atoms with Crippen molar-refractivity contribution in [1.29, 1.82) is 0 Å². The normalized spacial score (nSPS) is 18.2. The lowest BCUT2D eigenvalue weighted by Gasteiger charge is -2.13. The van der Waals surface area contributed by atoms with E-state index in [1.165, 1.54) is 0 Å². The summed E-state index contributed by atoms with van der Waals surface area (Å²) in [5.41, 5.74) is 0.521. The summed E-state index contributed by atoms with van der Waals surface area (Å²) in [6.45, 7) is 5.15. The summed E-state index contributed by atoms with van der Waals surface area (Å²) >= 11 is 0. The van der Waals surface area contributed by atoms with Crippen LogP contribution in [0.2, 0.25) is 0 Å². The second-order valence-corrected chi connectivity index (χ2v) is 3.28. The van der Waals surface area contributed by atoms with Crippen LogP contribution < -0.4 is 0 Å². The Bertz CT molecular complexity index is 270. The van der Waals surface area contributed by atoms with Crippen molar-refractivity contribution in [3.05, 3.63) is 11.9 Å². The summed E-state index contributed by atoms with van der Waals surface area (Å²) in [6.07, 6.45) is 0.542. The minimum atomic E-state index is -0.616. The van der Waals surface area contributed by atoms with Gasteiger partial charge in [0.2, 0.25) is 0 Å². The van der Waals surface area contributed by atoms with Gasteiger partial charge in [-0.2, -0.15) is 0 Å². The maximum absolute atomic E-state index is 9.27. The van der Waals surface area contributed by atoms with E-state index in [1.54, 1.807) is 24.7 Å². The lowest BCUT2D eigenvalue weighted by molar-refractivity contribution is 0.131. The van der Waals surface area contributed by atoms with Gasteiger partial charge in [-0.25, -0.2) is 4.68 Å². The lowest BCUT2D eigenvalue weighted by Crippen LogP contribution is -2.18. The zero-order valence-corrected chi connectivity index (χ0v) is 8.05. The van der Waals surface area contributed by atoms with Crippen molar-refractivity contribution in [2.75, 3.05) is 0 Å². The highest BCUT2D eigenvalue weighted by Gasteiger charge is 2.14. The van der Waals surface area contributed by atoms with Gasteiger partial charge in [-0.05, 0) is 20.8 Å². The SMILES string of the molecule is CC(O)C(C)n1cc([C@H](C)O)nn1. The molecular formula is C8H15N3O2. The van der Waals surface area contributed by atoms with Gasteiger partial charge in [0.05, 0.1) is 24.4 Å². The zero-order valence-electron chi connectivity index (χ0n) is 8.05. The Kier molecular flexibility index (Phi) is 3.00. The first-order valence-electron chi connectivity index (χ1n) is 4.30. The molecule has 2 unspecified atom stereocenters. The standard InChI is InChI=1S/C8H15N3O2/c1-5(6(2)12)11-4-8(7(3)13)9-10-11/h4-7,12-13H,1-3H3/t5?,6?,7-/m0/s1. The van der Waals surface area contributed by atoms with E-state index in [9.17, 15) is 10.2 Å². The van der Waals surface area contributed by atoms with Crippen molar-refractivity contribution in [1.82, 2.24) is 15.0 Å². The lowest BCUT2D eigenvalue weighted by atomic mass is 10.2. The van der Waals surface area contributed by atoms with Crippen LogP contribution in [0.4, 0.5) is 0 Å². The fraction of sp³-hybridized carbons (Fsp3) is 0.750. The van der Waals surface area contributed by atoms with Crippen LogP contribution in [-0.4, -0.2) is 31.3 Å². The van der Waals surface area contributed by atoms with E-state index in [2.05, 4.69) is 10.3 Å². The van der Waals surface area contributed by atoms with Crippen molar-refractivity contribution >= 4 is 0 Å². The zero-order chi connectivity index (χ0) is 10.0. The van der Waals surface area contributed by atoms with Crippen LogP contribution in [-0.2, 0) is 0 Å². The minimum absolute atomic E-state index is 0.125. The fourth-order valence-electron chi connectivity index (χ4n) is 0.902. The van der Waals surface area contributed by atoms with Crippen LogP contribution >= 0.6 is 0 Å². The Balaban J connectivity index is 2.79. The van der Waals surface area contributed by atoms with Crippen LogP contribution in [0.1, 0.15) is 38.6 Å². The van der Waals surface area contributed by atoms with E-state index in [-0.39, 0.29) is 6.04 Å². The van der Waals surface area contributed by atoms with Crippen molar-refractivity contribution in [3.8, 4) is 0 Å². The summed E-state index contributed by atoms with van der Waals surface area (Å²) in [5, 5.41) is 26.0. The molecule has 0 saturated carbocycles. The monoisotopic (exact) mass is 185 g/mol. The number of rotatable bonds is 3. The van der Waals surface area contributed by atoms with E-state index in [0.29, 0.717) is 5.69 Å². The fourth-order valence-corrected chi connectivity index (χ4v) is 0.902. The molecule has 1 aromatic rings. The predicted octanol–water partition coefficient (Wildman–Crippen LogP) is 0.273. The topological polar surface area (TPSA) is 71.2 Å². The smallest absolute Gasteiger partial charge is 0.111 e. The molecule has 0 aliphatic rings. The first-order chi connectivity index (χ1) is 6.02. The van der Waals surface area contributed by atoms with Gasteiger partial charge < -0.3 is 10.2 Å². The van der Waals surface area contributed by atoms with Crippen LogP contribution in [0.15, 0.2) is 6.20 Å². The molecule has 1 heterocycles. The van der Waals surface area contributed by atoms with E-state index in [1.807, 2.05) is 6.92 Å². The molecule has 1 aromatic heterocycles. The second-order valence-electron chi connectivity index (χ2n) is 3.28. The highest BCUT2D eigenvalue weighted by molar-refractivity contribution is 4.96. The number of hydrogen-bond acceptors (Lipinski definition) is 4. The Morgan fingerprint density at radius 1 is 1.31 bits per heavy atom. The summed E-state index contributed by atoms with van der Waals surface area (Å²) in [4.78, 5) is 0. The average Bonchev–Trinajstić information content (AvgIpc) is 2.50. The average molecular weight is 185 g/mol. The molecule has 0 aliphatic heterocycles. The molecule has 13 heavy (non-hydrogen) atoms. The molecule has 0 aromatic carbocycles. The maximum atomic E-state index is 9.27. The molecule has 0 fully saturated rings. The van der Waals surface area contributed by atoms with E-state index >= 15 is 0 Å². The van der Waals surface area contributed by atoms with Gasteiger partial charge in [-0.1, -0.05) is 5.21 Å². The molecule has 5 nitrogen and oxygen atoms in total. The molecule has 0 spiro atoms. The largest absolute Gasteiger partial charge is 0.391 e. The summed E-state index contributed by atoms with van der Waals surface area (Å²) in [6, 6.07) is -0.125. The quantitative estimate of drug-likeness (QED) is 0.709. The van der Waals surface area contributed by atoms with Crippen molar-refractivity contribution in [3.63, 3.8) is 0 Å². The van der Waals surface area contributed by atoms with E-state index < -0.39 is 12.2 Å². The van der Waals surface area contributed by atoms with Crippen LogP contribution in [0, 0.1) is 0 Å². The second kappa shape index (κ2) is 3.85. The van der Waals surface area contributed by atoms with Crippen molar-refractivity contribution in [2.45, 2.75) is 39.0 Å².